The minimum Gasteiger partial charge on any atom is -0.381 e. The second kappa shape index (κ2) is 5.27. The molecule has 0 aromatic carbocycles. The molecule has 94 valence electrons. The highest BCUT2D eigenvalue weighted by Crippen LogP contribution is 2.21. The largest absolute Gasteiger partial charge is 0.381 e. The predicted molar refractivity (Wildman–Crippen MR) is 63.5 cm³/mol. The number of nitrogens with zero attached hydrogens (tertiary/aromatic N) is 2. The Morgan fingerprint density at radius 3 is 3.06 bits per heavy atom. The summed E-state index contributed by atoms with van der Waals surface area (Å²) >= 11 is 0. The van der Waals surface area contributed by atoms with Crippen LogP contribution < -0.4 is 10.6 Å². The van der Waals surface area contributed by atoms with Gasteiger partial charge in [0.2, 0.25) is 5.95 Å². The van der Waals surface area contributed by atoms with E-state index < -0.39 is 5.82 Å². The Hall–Kier alpha value is -1.43. The molecule has 1 aromatic rings. The quantitative estimate of drug-likeness (QED) is 0.835. The molecule has 0 aliphatic carbocycles. The highest BCUT2D eigenvalue weighted by Gasteiger charge is 2.23. The molecule has 1 saturated heterocycles. The van der Waals surface area contributed by atoms with Crippen molar-refractivity contribution in [3.05, 3.63) is 12.0 Å². The molecule has 6 heteroatoms. The van der Waals surface area contributed by atoms with Gasteiger partial charge in [-0.15, -0.1) is 0 Å². The topological polar surface area (TPSA) is 59.1 Å². The fraction of sp³-hybridized carbons (Fsp3) is 0.636. The van der Waals surface area contributed by atoms with Crippen LogP contribution in [0.4, 0.5) is 16.2 Å². The molecule has 2 rings (SSSR count). The predicted octanol–water partition coefficient (Wildman–Crippen LogP) is 1.49. The Bertz CT molecular complexity index is 382. The van der Waals surface area contributed by atoms with Crippen molar-refractivity contribution in [3.8, 4) is 0 Å². The van der Waals surface area contributed by atoms with E-state index in [1.807, 2.05) is 6.92 Å². The van der Waals surface area contributed by atoms with E-state index >= 15 is 0 Å². The van der Waals surface area contributed by atoms with Crippen LogP contribution in [0.1, 0.15) is 13.3 Å². The monoisotopic (exact) mass is 240 g/mol. The minimum absolute atomic E-state index is 0.131. The average molecular weight is 240 g/mol. The molecule has 1 aliphatic rings. The van der Waals surface area contributed by atoms with Gasteiger partial charge in [-0.25, -0.2) is 9.37 Å². The van der Waals surface area contributed by atoms with Crippen molar-refractivity contribution in [1.29, 1.82) is 0 Å². The van der Waals surface area contributed by atoms with Gasteiger partial charge in [-0.05, 0) is 13.3 Å². The van der Waals surface area contributed by atoms with Crippen LogP contribution in [-0.4, -0.2) is 36.3 Å². The third kappa shape index (κ3) is 2.82. The molecule has 0 bridgehead atoms. The molecule has 0 saturated carbocycles. The molecule has 1 aliphatic heterocycles. The lowest BCUT2D eigenvalue weighted by Gasteiger charge is -2.20. The van der Waals surface area contributed by atoms with Gasteiger partial charge in [0.15, 0.2) is 11.6 Å². The second-order valence-corrected chi connectivity index (χ2v) is 4.20. The van der Waals surface area contributed by atoms with Gasteiger partial charge in [0.25, 0.3) is 0 Å². The van der Waals surface area contributed by atoms with E-state index in [2.05, 4.69) is 20.6 Å². The molecule has 2 atom stereocenters. The number of hydrogen-bond donors (Lipinski definition) is 2. The first-order chi connectivity index (χ1) is 8.20. The van der Waals surface area contributed by atoms with Crippen LogP contribution in [0.15, 0.2) is 6.20 Å². The van der Waals surface area contributed by atoms with Crippen LogP contribution in [0.2, 0.25) is 0 Å². The summed E-state index contributed by atoms with van der Waals surface area (Å²) in [4.78, 5) is 7.85. The maximum Gasteiger partial charge on any atom is 0.224 e. The van der Waals surface area contributed by atoms with Gasteiger partial charge in [0.05, 0.1) is 12.8 Å². The summed E-state index contributed by atoms with van der Waals surface area (Å²) in [5.41, 5.74) is 0. The second-order valence-electron chi connectivity index (χ2n) is 4.20. The van der Waals surface area contributed by atoms with Crippen LogP contribution in [0, 0.1) is 11.7 Å². The molecule has 0 radical (unpaired) electrons. The van der Waals surface area contributed by atoms with Gasteiger partial charge in [0, 0.05) is 25.6 Å². The summed E-state index contributed by atoms with van der Waals surface area (Å²) in [6.45, 7) is 3.52. The van der Waals surface area contributed by atoms with Crippen molar-refractivity contribution < 1.29 is 9.13 Å². The van der Waals surface area contributed by atoms with Crippen LogP contribution in [0.5, 0.6) is 0 Å². The third-order valence-electron chi connectivity index (χ3n) is 3.00. The third-order valence-corrected chi connectivity index (χ3v) is 3.00. The molecule has 2 unspecified atom stereocenters. The summed E-state index contributed by atoms with van der Waals surface area (Å²) < 4.78 is 18.8. The van der Waals surface area contributed by atoms with Gasteiger partial charge in [-0.3, -0.25) is 0 Å². The molecule has 5 nitrogen and oxygen atoms in total. The lowest BCUT2D eigenvalue weighted by molar-refractivity contribution is 0.183. The normalized spacial score (nSPS) is 21.2. The van der Waals surface area contributed by atoms with E-state index in [9.17, 15) is 4.39 Å². The number of hydrogen-bond acceptors (Lipinski definition) is 5. The van der Waals surface area contributed by atoms with Crippen LogP contribution >= 0.6 is 0 Å². The maximum absolute atomic E-state index is 13.5. The molecule has 2 N–H and O–H groups in total. The van der Waals surface area contributed by atoms with Crippen molar-refractivity contribution in [2.45, 2.75) is 19.4 Å². The smallest absolute Gasteiger partial charge is 0.224 e. The number of rotatable bonds is 4. The van der Waals surface area contributed by atoms with Gasteiger partial charge in [-0.2, -0.15) is 4.98 Å². The molecule has 0 amide bonds. The van der Waals surface area contributed by atoms with Gasteiger partial charge in [0.1, 0.15) is 0 Å². The Labute approximate surface area is 99.8 Å². The number of nitrogens with one attached hydrogen (secondary N) is 2. The lowest BCUT2D eigenvalue weighted by Crippen LogP contribution is -2.27. The molecule has 17 heavy (non-hydrogen) atoms. The zero-order valence-corrected chi connectivity index (χ0v) is 10.0. The van der Waals surface area contributed by atoms with Crippen LogP contribution in [-0.2, 0) is 4.74 Å². The molecular formula is C11H17FN4O. The summed E-state index contributed by atoms with van der Waals surface area (Å²) in [5, 5.41) is 5.86. The standard InChI is InChI=1S/C11H17FN4O/c1-7(8-3-4-17-6-8)15-10-9(12)5-14-11(13-2)16-10/h5,7-8H,3-4,6H2,1-2H3,(H2,13,14,15,16). The number of ether oxygens (including phenoxy) is 1. The summed E-state index contributed by atoms with van der Waals surface area (Å²) in [6, 6.07) is 0.131. The number of halogens is 1. The van der Waals surface area contributed by atoms with Gasteiger partial charge >= 0.3 is 0 Å². The van der Waals surface area contributed by atoms with E-state index in [-0.39, 0.29) is 11.9 Å². The van der Waals surface area contributed by atoms with Crippen LogP contribution in [0.3, 0.4) is 0 Å². The summed E-state index contributed by atoms with van der Waals surface area (Å²) in [5.74, 6) is 0.615. The first-order valence-electron chi connectivity index (χ1n) is 5.75. The zero-order valence-electron chi connectivity index (χ0n) is 10.0. The van der Waals surface area contributed by atoms with Crippen molar-refractivity contribution >= 4 is 11.8 Å². The molecule has 1 fully saturated rings. The zero-order chi connectivity index (χ0) is 12.3. The minimum atomic E-state index is -0.435. The Balaban J connectivity index is 2.06. The Morgan fingerprint density at radius 2 is 2.41 bits per heavy atom. The lowest BCUT2D eigenvalue weighted by atomic mass is 10.0. The van der Waals surface area contributed by atoms with E-state index in [1.165, 1.54) is 6.20 Å². The molecular weight excluding hydrogens is 223 g/mol. The summed E-state index contributed by atoms with van der Waals surface area (Å²) in [6.07, 6.45) is 2.17. The van der Waals surface area contributed by atoms with E-state index in [1.54, 1.807) is 7.05 Å². The van der Waals surface area contributed by atoms with Crippen LogP contribution in [0.25, 0.3) is 0 Å². The average Bonchev–Trinajstić information content (AvgIpc) is 2.85. The Morgan fingerprint density at radius 1 is 1.59 bits per heavy atom. The molecule has 1 aromatic heterocycles. The SMILES string of the molecule is CNc1ncc(F)c(NC(C)C2CCOC2)n1. The molecule has 2 heterocycles. The van der Waals surface area contributed by atoms with Crippen molar-refractivity contribution in [3.63, 3.8) is 0 Å². The van der Waals surface area contributed by atoms with Crippen molar-refractivity contribution in [2.24, 2.45) is 5.92 Å². The highest BCUT2D eigenvalue weighted by molar-refractivity contribution is 5.41. The summed E-state index contributed by atoms with van der Waals surface area (Å²) in [7, 11) is 1.70. The Kier molecular flexibility index (Phi) is 3.73. The maximum atomic E-state index is 13.5. The fourth-order valence-electron chi connectivity index (χ4n) is 1.87. The highest BCUT2D eigenvalue weighted by atomic mass is 19.1. The van der Waals surface area contributed by atoms with E-state index in [4.69, 9.17) is 4.74 Å². The van der Waals surface area contributed by atoms with Gasteiger partial charge in [-0.1, -0.05) is 0 Å². The van der Waals surface area contributed by atoms with E-state index in [0.29, 0.717) is 11.9 Å². The first-order valence-corrected chi connectivity index (χ1v) is 5.75. The fourth-order valence-corrected chi connectivity index (χ4v) is 1.87. The number of anilines is 2. The van der Waals surface area contributed by atoms with Crippen molar-refractivity contribution in [1.82, 2.24) is 9.97 Å². The van der Waals surface area contributed by atoms with Crippen molar-refractivity contribution in [2.75, 3.05) is 30.9 Å². The number of aromatic nitrogens is 2. The van der Waals surface area contributed by atoms with Gasteiger partial charge < -0.3 is 15.4 Å². The van der Waals surface area contributed by atoms with E-state index in [0.717, 1.165) is 19.6 Å². The molecule has 0 spiro atoms. The first kappa shape index (κ1) is 12.0.